The highest BCUT2D eigenvalue weighted by molar-refractivity contribution is 5.29. The molecular formula is C29H41F. The molecule has 0 spiro atoms. The highest BCUT2D eigenvalue weighted by Gasteiger charge is 2.24. The van der Waals surface area contributed by atoms with Gasteiger partial charge in [0.2, 0.25) is 0 Å². The van der Waals surface area contributed by atoms with Gasteiger partial charge in [-0.3, -0.25) is 0 Å². The van der Waals surface area contributed by atoms with E-state index in [9.17, 15) is 4.39 Å². The molecule has 0 amide bonds. The Bertz CT molecular complexity index is 737. The van der Waals surface area contributed by atoms with Crippen molar-refractivity contribution >= 4 is 0 Å². The molecule has 2 aromatic carbocycles. The molecule has 0 aliphatic heterocycles. The van der Waals surface area contributed by atoms with Crippen LogP contribution in [0.5, 0.6) is 0 Å². The number of hydrogen-bond donors (Lipinski definition) is 0. The molecule has 0 nitrogen and oxygen atoms in total. The normalized spacial score (nSPS) is 19.2. The molecule has 1 aliphatic carbocycles. The summed E-state index contributed by atoms with van der Waals surface area (Å²) in [6.45, 7) is 4.51. The summed E-state index contributed by atoms with van der Waals surface area (Å²) in [4.78, 5) is 0. The Kier molecular flexibility index (Phi) is 9.43. The average Bonchev–Trinajstić information content (AvgIpc) is 2.78. The lowest BCUT2D eigenvalue weighted by Gasteiger charge is -2.29. The first-order valence-electron chi connectivity index (χ1n) is 12.6. The Morgan fingerprint density at radius 1 is 0.700 bits per heavy atom. The van der Waals surface area contributed by atoms with Gasteiger partial charge in [-0.25, -0.2) is 4.39 Å². The highest BCUT2D eigenvalue weighted by Crippen LogP contribution is 2.38. The fourth-order valence-corrected chi connectivity index (χ4v) is 5.04. The van der Waals surface area contributed by atoms with E-state index in [-0.39, 0.29) is 5.82 Å². The predicted octanol–water partition coefficient (Wildman–Crippen LogP) is 8.81. The number of halogens is 1. The third-order valence-corrected chi connectivity index (χ3v) is 7.11. The fourth-order valence-electron chi connectivity index (χ4n) is 5.04. The van der Waals surface area contributed by atoms with Gasteiger partial charge in [-0.15, -0.1) is 0 Å². The molecular weight excluding hydrogens is 367 g/mol. The van der Waals surface area contributed by atoms with Crippen molar-refractivity contribution in [3.63, 3.8) is 0 Å². The largest absolute Gasteiger partial charge is 0.207 e. The van der Waals surface area contributed by atoms with Gasteiger partial charge >= 0.3 is 0 Å². The second kappa shape index (κ2) is 12.3. The van der Waals surface area contributed by atoms with E-state index >= 15 is 0 Å². The number of aryl methyl sites for hydroxylation is 3. The van der Waals surface area contributed by atoms with E-state index in [0.717, 1.165) is 42.7 Å². The molecule has 1 saturated carbocycles. The van der Waals surface area contributed by atoms with Crippen LogP contribution in [0.3, 0.4) is 0 Å². The predicted molar refractivity (Wildman–Crippen MR) is 128 cm³/mol. The quantitative estimate of drug-likeness (QED) is 0.326. The summed E-state index contributed by atoms with van der Waals surface area (Å²) in [5.74, 6) is 1.33. The molecule has 0 aromatic heterocycles. The zero-order chi connectivity index (χ0) is 21.2. The summed E-state index contributed by atoms with van der Waals surface area (Å²) in [6, 6.07) is 15.1. The van der Waals surface area contributed by atoms with Gasteiger partial charge in [-0.1, -0.05) is 82.3 Å². The minimum atomic E-state index is 0.0249. The van der Waals surface area contributed by atoms with Crippen LogP contribution in [-0.4, -0.2) is 0 Å². The molecule has 0 radical (unpaired) electrons. The molecule has 1 fully saturated rings. The SMILES string of the molecule is CCCCCC1CCC(c2ccc(CCc3ccc(CCCC)cc3)cc2F)CC1. The Morgan fingerprint density at radius 2 is 1.30 bits per heavy atom. The summed E-state index contributed by atoms with van der Waals surface area (Å²) >= 11 is 0. The van der Waals surface area contributed by atoms with E-state index in [4.69, 9.17) is 0 Å². The lowest BCUT2D eigenvalue weighted by Crippen LogP contribution is -2.14. The van der Waals surface area contributed by atoms with Crippen molar-refractivity contribution in [2.45, 2.75) is 103 Å². The van der Waals surface area contributed by atoms with Gasteiger partial charge < -0.3 is 0 Å². The van der Waals surface area contributed by atoms with Crippen LogP contribution in [0.4, 0.5) is 4.39 Å². The van der Waals surface area contributed by atoms with Crippen molar-refractivity contribution in [1.29, 1.82) is 0 Å². The standard InChI is InChI=1S/C29H41F/c1-3-5-7-9-24-16-19-27(20-17-24)28-21-18-26(22-29(28)30)15-14-25-12-10-23(11-13-25)8-6-4-2/h10-13,18,21-22,24,27H,3-9,14-17,19-20H2,1-2H3. The van der Waals surface area contributed by atoms with Crippen LogP contribution >= 0.6 is 0 Å². The maximum absolute atomic E-state index is 14.9. The first kappa shape index (κ1) is 23.0. The Morgan fingerprint density at radius 3 is 1.93 bits per heavy atom. The Balaban J connectivity index is 1.48. The molecule has 0 atom stereocenters. The first-order valence-corrected chi connectivity index (χ1v) is 12.6. The van der Waals surface area contributed by atoms with E-state index < -0.39 is 0 Å². The van der Waals surface area contributed by atoms with Crippen molar-refractivity contribution in [2.24, 2.45) is 5.92 Å². The molecule has 0 heterocycles. The Hall–Kier alpha value is -1.63. The molecule has 30 heavy (non-hydrogen) atoms. The van der Waals surface area contributed by atoms with Gasteiger partial charge in [0, 0.05) is 0 Å². The van der Waals surface area contributed by atoms with Crippen molar-refractivity contribution in [3.8, 4) is 0 Å². The topological polar surface area (TPSA) is 0 Å². The van der Waals surface area contributed by atoms with Crippen LogP contribution < -0.4 is 0 Å². The monoisotopic (exact) mass is 408 g/mol. The van der Waals surface area contributed by atoms with Gasteiger partial charge in [-0.2, -0.15) is 0 Å². The zero-order valence-corrected chi connectivity index (χ0v) is 19.3. The van der Waals surface area contributed by atoms with Gasteiger partial charge in [0.1, 0.15) is 5.82 Å². The molecule has 0 saturated heterocycles. The van der Waals surface area contributed by atoms with Crippen LogP contribution in [0.15, 0.2) is 42.5 Å². The third kappa shape index (κ3) is 6.96. The molecule has 0 bridgehead atoms. The summed E-state index contributed by atoms with van der Waals surface area (Å²) in [7, 11) is 0. The molecule has 0 unspecified atom stereocenters. The second-order valence-electron chi connectivity index (χ2n) is 9.49. The van der Waals surface area contributed by atoms with E-state index in [2.05, 4.69) is 50.2 Å². The number of rotatable bonds is 11. The summed E-state index contributed by atoms with van der Waals surface area (Å²) in [6.07, 6.45) is 15.9. The van der Waals surface area contributed by atoms with Gasteiger partial charge in [0.15, 0.2) is 0 Å². The van der Waals surface area contributed by atoms with Gasteiger partial charge in [0.05, 0.1) is 0 Å². The zero-order valence-electron chi connectivity index (χ0n) is 19.3. The maximum atomic E-state index is 14.9. The van der Waals surface area contributed by atoms with Crippen molar-refractivity contribution in [1.82, 2.24) is 0 Å². The Labute approximate surface area is 184 Å². The first-order chi connectivity index (χ1) is 14.7. The number of benzene rings is 2. The lowest BCUT2D eigenvalue weighted by molar-refractivity contribution is 0.299. The summed E-state index contributed by atoms with van der Waals surface area (Å²) < 4.78 is 14.9. The molecule has 3 rings (SSSR count). The minimum Gasteiger partial charge on any atom is -0.207 e. The van der Waals surface area contributed by atoms with E-state index in [1.807, 2.05) is 0 Å². The number of hydrogen-bond acceptors (Lipinski definition) is 0. The second-order valence-corrected chi connectivity index (χ2v) is 9.49. The van der Waals surface area contributed by atoms with Crippen LogP contribution in [-0.2, 0) is 19.3 Å². The van der Waals surface area contributed by atoms with Crippen molar-refractivity contribution < 1.29 is 4.39 Å². The molecule has 1 heteroatoms. The molecule has 0 N–H and O–H groups in total. The molecule has 164 valence electrons. The lowest BCUT2D eigenvalue weighted by atomic mass is 9.76. The highest BCUT2D eigenvalue weighted by atomic mass is 19.1. The third-order valence-electron chi connectivity index (χ3n) is 7.11. The van der Waals surface area contributed by atoms with Crippen LogP contribution in [0.25, 0.3) is 0 Å². The van der Waals surface area contributed by atoms with Crippen molar-refractivity contribution in [3.05, 3.63) is 70.5 Å². The van der Waals surface area contributed by atoms with Crippen LogP contribution in [0.2, 0.25) is 0 Å². The molecule has 1 aliphatic rings. The smallest absolute Gasteiger partial charge is 0.126 e. The number of unbranched alkanes of at least 4 members (excludes halogenated alkanes) is 3. The van der Waals surface area contributed by atoms with E-state index in [0.29, 0.717) is 5.92 Å². The van der Waals surface area contributed by atoms with Crippen molar-refractivity contribution in [2.75, 3.05) is 0 Å². The summed E-state index contributed by atoms with van der Waals surface area (Å²) in [5, 5.41) is 0. The fraction of sp³-hybridized carbons (Fsp3) is 0.586. The van der Waals surface area contributed by atoms with Gasteiger partial charge in [0.25, 0.3) is 0 Å². The summed E-state index contributed by atoms with van der Waals surface area (Å²) in [5.41, 5.74) is 4.86. The van der Waals surface area contributed by atoms with Crippen LogP contribution in [0.1, 0.15) is 106 Å². The van der Waals surface area contributed by atoms with Gasteiger partial charge in [-0.05, 0) is 91.5 Å². The van der Waals surface area contributed by atoms with E-state index in [1.54, 1.807) is 6.07 Å². The van der Waals surface area contributed by atoms with Crippen LogP contribution in [0, 0.1) is 11.7 Å². The van der Waals surface area contributed by atoms with E-state index in [1.165, 1.54) is 68.9 Å². The average molecular weight is 409 g/mol. The maximum Gasteiger partial charge on any atom is 0.126 e. The molecule has 2 aromatic rings. The minimum absolute atomic E-state index is 0.0249.